The Morgan fingerprint density at radius 2 is 1.77 bits per heavy atom. The lowest BCUT2D eigenvalue weighted by atomic mass is 10.1. The number of nitrogens with two attached hydrogens (primary N) is 1. The van der Waals surface area contributed by atoms with Crippen molar-refractivity contribution in [2.45, 2.75) is 16.2 Å². The number of hydrogen-bond donors (Lipinski definition) is 3. The first-order valence-corrected chi connectivity index (χ1v) is 8.88. The van der Waals surface area contributed by atoms with Gasteiger partial charge in [-0.3, -0.25) is 0 Å². The summed E-state index contributed by atoms with van der Waals surface area (Å²) in [4.78, 5) is 12.1. The molecular weight excluding hydrogens is 350 g/mol. The summed E-state index contributed by atoms with van der Waals surface area (Å²) in [6.07, 6.45) is -1.57. The standard InChI is InChI=1S/C20H19NO4S/c1-25-14-9-6-13(7-10-14)19(18(22)20(23)24)26-16-11-8-12-4-2-3-5-15(12)17(16)21/h2-11,18-19,22H,21H2,1H3,(H,23,24). The zero-order valence-electron chi connectivity index (χ0n) is 14.1. The fourth-order valence-electron chi connectivity index (χ4n) is 2.75. The number of nitrogen functional groups attached to an aromatic ring is 1. The minimum Gasteiger partial charge on any atom is -0.497 e. The van der Waals surface area contributed by atoms with E-state index in [2.05, 4.69) is 0 Å². The minimum absolute atomic E-state index is 0.573. The molecule has 4 N–H and O–H groups in total. The Labute approximate surface area is 155 Å². The first-order valence-electron chi connectivity index (χ1n) is 8.00. The Hall–Kier alpha value is -2.70. The van der Waals surface area contributed by atoms with Gasteiger partial charge in [0.25, 0.3) is 0 Å². The maximum Gasteiger partial charge on any atom is 0.334 e. The molecule has 0 aliphatic carbocycles. The Kier molecular flexibility index (Phi) is 5.35. The smallest absolute Gasteiger partial charge is 0.334 e. The Morgan fingerprint density at radius 1 is 1.08 bits per heavy atom. The van der Waals surface area contributed by atoms with E-state index in [4.69, 9.17) is 10.5 Å². The molecule has 0 amide bonds. The van der Waals surface area contributed by atoms with Crippen molar-refractivity contribution in [1.29, 1.82) is 0 Å². The molecule has 3 rings (SSSR count). The van der Waals surface area contributed by atoms with Gasteiger partial charge in [-0.15, -0.1) is 11.8 Å². The Bertz CT molecular complexity index is 927. The minimum atomic E-state index is -1.57. The number of carbonyl (C=O) groups is 1. The van der Waals surface area contributed by atoms with Gasteiger partial charge in [-0.1, -0.05) is 42.5 Å². The number of carboxylic acid groups (broad SMARTS) is 1. The first-order chi connectivity index (χ1) is 12.5. The van der Waals surface area contributed by atoms with Crippen LogP contribution in [0.3, 0.4) is 0 Å². The molecule has 0 radical (unpaired) electrons. The van der Waals surface area contributed by atoms with Crippen molar-refractivity contribution >= 4 is 34.2 Å². The topological polar surface area (TPSA) is 92.8 Å². The number of fused-ring (bicyclic) bond motifs is 1. The van der Waals surface area contributed by atoms with Crippen LogP contribution in [-0.4, -0.2) is 29.4 Å². The molecule has 134 valence electrons. The van der Waals surface area contributed by atoms with Gasteiger partial charge in [0.2, 0.25) is 0 Å². The first kappa shape index (κ1) is 18.1. The second kappa shape index (κ2) is 7.68. The van der Waals surface area contributed by atoms with Gasteiger partial charge in [-0.05, 0) is 29.1 Å². The van der Waals surface area contributed by atoms with E-state index in [1.807, 2.05) is 36.4 Å². The van der Waals surface area contributed by atoms with Crippen LogP contribution in [0, 0.1) is 0 Å². The zero-order valence-corrected chi connectivity index (χ0v) is 14.9. The van der Waals surface area contributed by atoms with Crippen LogP contribution in [0.4, 0.5) is 5.69 Å². The number of methoxy groups -OCH3 is 1. The molecule has 0 heterocycles. The number of carboxylic acids is 1. The van der Waals surface area contributed by atoms with Crippen LogP contribution in [0.25, 0.3) is 10.8 Å². The van der Waals surface area contributed by atoms with Crippen molar-refractivity contribution in [2.24, 2.45) is 0 Å². The molecule has 0 saturated carbocycles. The highest BCUT2D eigenvalue weighted by atomic mass is 32.2. The van der Waals surface area contributed by atoms with Crippen molar-refractivity contribution in [3.63, 3.8) is 0 Å². The number of benzene rings is 3. The third kappa shape index (κ3) is 3.61. The van der Waals surface area contributed by atoms with E-state index in [1.165, 1.54) is 11.8 Å². The Balaban J connectivity index is 2.00. The molecule has 0 spiro atoms. The molecule has 0 aliphatic rings. The highest BCUT2D eigenvalue weighted by Crippen LogP contribution is 2.42. The van der Waals surface area contributed by atoms with E-state index in [9.17, 15) is 15.0 Å². The number of aliphatic hydroxyl groups is 1. The number of thioether (sulfide) groups is 1. The summed E-state index contributed by atoms with van der Waals surface area (Å²) < 4.78 is 5.14. The molecule has 0 fully saturated rings. The number of ether oxygens (including phenoxy) is 1. The lowest BCUT2D eigenvalue weighted by molar-refractivity contribution is -0.146. The molecule has 6 heteroatoms. The van der Waals surface area contributed by atoms with Gasteiger partial charge in [0.05, 0.1) is 18.0 Å². The third-order valence-corrected chi connectivity index (χ3v) is 5.56. The van der Waals surface area contributed by atoms with Gasteiger partial charge < -0.3 is 20.7 Å². The van der Waals surface area contributed by atoms with Crippen LogP contribution in [0.1, 0.15) is 10.8 Å². The maximum atomic E-state index is 11.4. The lowest BCUT2D eigenvalue weighted by Crippen LogP contribution is -2.26. The second-order valence-corrected chi connectivity index (χ2v) is 6.98. The summed E-state index contributed by atoms with van der Waals surface area (Å²) in [5.74, 6) is -0.620. The van der Waals surface area contributed by atoms with Gasteiger partial charge in [0.15, 0.2) is 6.10 Å². The summed E-state index contributed by atoms with van der Waals surface area (Å²) >= 11 is 1.24. The predicted molar refractivity (Wildman–Crippen MR) is 104 cm³/mol. The van der Waals surface area contributed by atoms with Crippen LogP contribution in [0.5, 0.6) is 5.75 Å². The van der Waals surface area contributed by atoms with E-state index in [0.29, 0.717) is 17.0 Å². The van der Waals surface area contributed by atoms with E-state index in [-0.39, 0.29) is 0 Å². The van der Waals surface area contributed by atoms with Crippen molar-refractivity contribution in [2.75, 3.05) is 12.8 Å². The van der Waals surface area contributed by atoms with E-state index >= 15 is 0 Å². The van der Waals surface area contributed by atoms with Gasteiger partial charge in [0.1, 0.15) is 5.75 Å². The summed E-state index contributed by atoms with van der Waals surface area (Å²) in [6, 6.07) is 18.5. The molecule has 0 aromatic heterocycles. The highest BCUT2D eigenvalue weighted by Gasteiger charge is 2.29. The highest BCUT2D eigenvalue weighted by molar-refractivity contribution is 7.99. The second-order valence-electron chi connectivity index (χ2n) is 5.79. The average Bonchev–Trinajstić information content (AvgIpc) is 2.67. The van der Waals surface area contributed by atoms with Crippen LogP contribution in [-0.2, 0) is 4.79 Å². The largest absolute Gasteiger partial charge is 0.497 e. The predicted octanol–water partition coefficient (Wildman–Crippen LogP) is 3.71. The van der Waals surface area contributed by atoms with Crippen molar-refractivity contribution in [3.05, 3.63) is 66.2 Å². The summed E-state index contributed by atoms with van der Waals surface area (Å²) in [5, 5.41) is 20.8. The van der Waals surface area contributed by atoms with Crippen LogP contribution in [0.15, 0.2) is 65.6 Å². The third-order valence-electron chi connectivity index (χ3n) is 4.17. The SMILES string of the molecule is COc1ccc(C(Sc2ccc3ccccc3c2N)C(O)C(=O)O)cc1. The number of rotatable bonds is 6. The van der Waals surface area contributed by atoms with Crippen LogP contribution < -0.4 is 10.5 Å². The van der Waals surface area contributed by atoms with Crippen molar-refractivity contribution in [3.8, 4) is 5.75 Å². The van der Waals surface area contributed by atoms with Crippen LogP contribution >= 0.6 is 11.8 Å². The molecular formula is C20H19NO4S. The van der Waals surface area contributed by atoms with Crippen molar-refractivity contribution < 1.29 is 19.7 Å². The van der Waals surface area contributed by atoms with E-state index in [0.717, 1.165) is 15.7 Å². The van der Waals surface area contributed by atoms with Gasteiger partial charge in [0, 0.05) is 10.3 Å². The number of hydrogen-bond acceptors (Lipinski definition) is 5. The molecule has 2 unspecified atom stereocenters. The Morgan fingerprint density at radius 3 is 2.42 bits per heavy atom. The lowest BCUT2D eigenvalue weighted by Gasteiger charge is -2.21. The zero-order chi connectivity index (χ0) is 18.7. The summed E-state index contributed by atoms with van der Waals surface area (Å²) in [6.45, 7) is 0. The summed E-state index contributed by atoms with van der Waals surface area (Å²) in [5.41, 5.74) is 7.55. The molecule has 0 bridgehead atoms. The average molecular weight is 369 g/mol. The molecule has 26 heavy (non-hydrogen) atoms. The molecule has 5 nitrogen and oxygen atoms in total. The molecule has 3 aromatic rings. The normalized spacial score (nSPS) is 13.3. The number of aliphatic carboxylic acids is 1. The van der Waals surface area contributed by atoms with Gasteiger partial charge >= 0.3 is 5.97 Å². The fourth-order valence-corrected chi connectivity index (χ4v) is 3.95. The van der Waals surface area contributed by atoms with Gasteiger partial charge in [-0.25, -0.2) is 4.79 Å². The van der Waals surface area contributed by atoms with Crippen molar-refractivity contribution in [1.82, 2.24) is 0 Å². The molecule has 0 aliphatic heterocycles. The van der Waals surface area contributed by atoms with E-state index in [1.54, 1.807) is 31.4 Å². The monoisotopic (exact) mass is 369 g/mol. The van der Waals surface area contributed by atoms with Gasteiger partial charge in [-0.2, -0.15) is 0 Å². The summed E-state index contributed by atoms with van der Waals surface area (Å²) in [7, 11) is 1.56. The number of anilines is 1. The van der Waals surface area contributed by atoms with Crippen LogP contribution in [0.2, 0.25) is 0 Å². The molecule has 0 saturated heterocycles. The van der Waals surface area contributed by atoms with E-state index < -0.39 is 17.3 Å². The quantitative estimate of drug-likeness (QED) is 0.453. The fraction of sp³-hybridized carbons (Fsp3) is 0.150. The maximum absolute atomic E-state index is 11.4. The molecule has 2 atom stereocenters. The molecule has 3 aromatic carbocycles. The number of aliphatic hydroxyl groups excluding tert-OH is 1.